The summed E-state index contributed by atoms with van der Waals surface area (Å²) in [6.07, 6.45) is 4.20. The zero-order valence-electron chi connectivity index (χ0n) is 21.8. The Bertz CT molecular complexity index is 1230. The summed E-state index contributed by atoms with van der Waals surface area (Å²) in [6, 6.07) is 18.4. The molecule has 8 nitrogen and oxygen atoms in total. The molecule has 0 radical (unpaired) electrons. The lowest BCUT2D eigenvalue weighted by Crippen LogP contribution is -2.40. The van der Waals surface area contributed by atoms with Crippen LogP contribution in [0.5, 0.6) is 5.75 Å². The quantitative estimate of drug-likeness (QED) is 0.411. The van der Waals surface area contributed by atoms with E-state index in [-0.39, 0.29) is 6.10 Å². The molecule has 0 unspecified atom stereocenters. The SMILES string of the molecule is N#Cc1cc(-c2ccnc(Cc3cccc(CNCCN4CCOCC4)c3)n2)ccc1OC1CCOCC1. The number of benzene rings is 2. The minimum Gasteiger partial charge on any atom is -0.489 e. The molecular weight excluding hydrogens is 478 g/mol. The largest absolute Gasteiger partial charge is 0.489 e. The summed E-state index contributed by atoms with van der Waals surface area (Å²) >= 11 is 0. The second-order valence-electron chi connectivity index (χ2n) is 9.74. The van der Waals surface area contributed by atoms with E-state index < -0.39 is 0 Å². The van der Waals surface area contributed by atoms with Crippen molar-refractivity contribution >= 4 is 0 Å². The van der Waals surface area contributed by atoms with Crippen molar-refractivity contribution in [2.75, 3.05) is 52.6 Å². The Morgan fingerprint density at radius 1 is 1.00 bits per heavy atom. The summed E-state index contributed by atoms with van der Waals surface area (Å²) in [5.74, 6) is 1.37. The predicted octanol–water partition coefficient (Wildman–Crippen LogP) is 3.59. The fourth-order valence-electron chi connectivity index (χ4n) is 4.82. The molecule has 0 spiro atoms. The highest BCUT2D eigenvalue weighted by Gasteiger charge is 2.18. The van der Waals surface area contributed by atoms with E-state index in [4.69, 9.17) is 19.2 Å². The molecule has 8 heteroatoms. The second-order valence-corrected chi connectivity index (χ2v) is 9.74. The van der Waals surface area contributed by atoms with E-state index in [1.165, 1.54) is 11.1 Å². The Morgan fingerprint density at radius 3 is 2.66 bits per heavy atom. The van der Waals surface area contributed by atoms with Gasteiger partial charge in [0.05, 0.1) is 37.7 Å². The predicted molar refractivity (Wildman–Crippen MR) is 145 cm³/mol. The van der Waals surface area contributed by atoms with Gasteiger partial charge in [0, 0.05) is 63.7 Å². The number of nitrogens with zero attached hydrogens (tertiary/aromatic N) is 4. The maximum Gasteiger partial charge on any atom is 0.137 e. The Hall–Kier alpha value is -3.35. The molecule has 0 atom stereocenters. The molecule has 1 aromatic heterocycles. The number of hydrogen-bond acceptors (Lipinski definition) is 8. The zero-order chi connectivity index (χ0) is 26.0. The Kier molecular flexibility index (Phi) is 9.29. The van der Waals surface area contributed by atoms with Crippen LogP contribution in [-0.2, 0) is 22.4 Å². The van der Waals surface area contributed by atoms with Gasteiger partial charge in [0.15, 0.2) is 0 Å². The van der Waals surface area contributed by atoms with Crippen molar-refractivity contribution in [1.29, 1.82) is 5.26 Å². The first-order chi connectivity index (χ1) is 18.8. The third-order valence-electron chi connectivity index (χ3n) is 6.95. The van der Waals surface area contributed by atoms with Crippen LogP contribution in [-0.4, -0.2) is 73.6 Å². The van der Waals surface area contributed by atoms with E-state index in [2.05, 4.69) is 45.5 Å². The molecule has 5 rings (SSSR count). The molecular formula is C30H35N5O3. The third-order valence-corrected chi connectivity index (χ3v) is 6.95. The molecule has 0 saturated carbocycles. The van der Waals surface area contributed by atoms with E-state index in [9.17, 15) is 5.26 Å². The number of nitriles is 1. The number of rotatable bonds is 10. The van der Waals surface area contributed by atoms with Gasteiger partial charge in [-0.1, -0.05) is 24.3 Å². The summed E-state index contributed by atoms with van der Waals surface area (Å²) in [5, 5.41) is 13.3. The van der Waals surface area contributed by atoms with Gasteiger partial charge in [-0.15, -0.1) is 0 Å². The van der Waals surface area contributed by atoms with Gasteiger partial charge in [0.25, 0.3) is 0 Å². The van der Waals surface area contributed by atoms with Crippen LogP contribution >= 0.6 is 0 Å². The number of aromatic nitrogens is 2. The molecule has 2 fully saturated rings. The molecule has 38 heavy (non-hydrogen) atoms. The van der Waals surface area contributed by atoms with Gasteiger partial charge >= 0.3 is 0 Å². The Balaban J connectivity index is 1.19. The van der Waals surface area contributed by atoms with Crippen LogP contribution in [0, 0.1) is 11.3 Å². The van der Waals surface area contributed by atoms with Gasteiger partial charge in [-0.3, -0.25) is 4.90 Å². The molecule has 1 N–H and O–H groups in total. The van der Waals surface area contributed by atoms with Crippen molar-refractivity contribution in [3.8, 4) is 23.1 Å². The zero-order valence-corrected chi connectivity index (χ0v) is 21.8. The maximum atomic E-state index is 9.74. The van der Waals surface area contributed by atoms with E-state index in [0.29, 0.717) is 30.9 Å². The van der Waals surface area contributed by atoms with E-state index in [1.807, 2.05) is 24.3 Å². The number of morpholine rings is 1. The number of hydrogen-bond donors (Lipinski definition) is 1. The third kappa shape index (κ3) is 7.36. The van der Waals surface area contributed by atoms with E-state index in [1.54, 1.807) is 6.20 Å². The lowest BCUT2D eigenvalue weighted by molar-refractivity contribution is 0.0254. The molecule has 0 aliphatic carbocycles. The first-order valence-electron chi connectivity index (χ1n) is 13.5. The van der Waals surface area contributed by atoms with Crippen molar-refractivity contribution in [3.05, 3.63) is 77.2 Å². The summed E-state index contributed by atoms with van der Waals surface area (Å²) in [6.45, 7) is 7.93. The van der Waals surface area contributed by atoms with Crippen molar-refractivity contribution in [3.63, 3.8) is 0 Å². The van der Waals surface area contributed by atoms with Crippen LogP contribution in [0.4, 0.5) is 0 Å². The smallest absolute Gasteiger partial charge is 0.137 e. The van der Waals surface area contributed by atoms with Crippen molar-refractivity contribution in [2.24, 2.45) is 0 Å². The summed E-state index contributed by atoms with van der Waals surface area (Å²) in [7, 11) is 0. The minimum absolute atomic E-state index is 0.0862. The van der Waals surface area contributed by atoms with Gasteiger partial charge in [-0.05, 0) is 35.4 Å². The monoisotopic (exact) mass is 513 g/mol. The van der Waals surface area contributed by atoms with Crippen LogP contribution in [0.25, 0.3) is 11.3 Å². The van der Waals surface area contributed by atoms with E-state index >= 15 is 0 Å². The first kappa shape index (κ1) is 26.3. The van der Waals surface area contributed by atoms with Crippen molar-refractivity contribution in [2.45, 2.75) is 31.9 Å². The molecule has 2 aromatic carbocycles. The average molecular weight is 514 g/mol. The summed E-state index contributed by atoms with van der Waals surface area (Å²) in [4.78, 5) is 11.8. The Morgan fingerprint density at radius 2 is 1.82 bits per heavy atom. The highest BCUT2D eigenvalue weighted by molar-refractivity contribution is 5.64. The normalized spacial score (nSPS) is 16.7. The van der Waals surface area contributed by atoms with Crippen molar-refractivity contribution in [1.82, 2.24) is 20.2 Å². The van der Waals surface area contributed by atoms with E-state index in [0.717, 1.165) is 75.9 Å². The van der Waals surface area contributed by atoms with Gasteiger partial charge in [-0.2, -0.15) is 5.26 Å². The first-order valence-corrected chi connectivity index (χ1v) is 13.5. The molecule has 3 aromatic rings. The average Bonchev–Trinajstić information content (AvgIpc) is 2.97. The van der Waals surface area contributed by atoms with Crippen LogP contribution in [0.3, 0.4) is 0 Å². The fourth-order valence-corrected chi connectivity index (χ4v) is 4.82. The highest BCUT2D eigenvalue weighted by Crippen LogP contribution is 2.27. The fraction of sp³-hybridized carbons (Fsp3) is 0.433. The standard InChI is InChI=1S/C30H35N5O3/c31-21-26-20-25(4-5-29(26)38-27-7-14-36-15-8-27)28-6-9-33-30(34-28)19-23-2-1-3-24(18-23)22-32-10-11-35-12-16-37-17-13-35/h1-6,9,18,20,27,32H,7-8,10-17,19,22H2. The molecule has 2 aliphatic rings. The number of ether oxygens (including phenoxy) is 3. The second kappa shape index (κ2) is 13.4. The molecule has 0 bridgehead atoms. The molecule has 198 valence electrons. The minimum atomic E-state index is 0.0862. The van der Waals surface area contributed by atoms with Crippen molar-refractivity contribution < 1.29 is 14.2 Å². The molecule has 2 aliphatic heterocycles. The number of nitrogens with one attached hydrogen (secondary N) is 1. The van der Waals surface area contributed by atoms with Crippen LogP contribution in [0.15, 0.2) is 54.7 Å². The van der Waals surface area contributed by atoms with Gasteiger partial charge < -0.3 is 19.5 Å². The molecule has 2 saturated heterocycles. The highest BCUT2D eigenvalue weighted by atomic mass is 16.5. The van der Waals surface area contributed by atoms with Crippen LogP contribution in [0.2, 0.25) is 0 Å². The molecule has 3 heterocycles. The van der Waals surface area contributed by atoms with Crippen LogP contribution in [0.1, 0.15) is 35.4 Å². The Labute approximate surface area is 224 Å². The topological polar surface area (TPSA) is 92.5 Å². The van der Waals surface area contributed by atoms with Gasteiger partial charge in [0.2, 0.25) is 0 Å². The molecule has 0 amide bonds. The van der Waals surface area contributed by atoms with Gasteiger partial charge in [0.1, 0.15) is 23.7 Å². The summed E-state index contributed by atoms with van der Waals surface area (Å²) in [5.41, 5.74) is 4.61. The maximum absolute atomic E-state index is 9.74. The lowest BCUT2D eigenvalue weighted by atomic mass is 10.1. The summed E-state index contributed by atoms with van der Waals surface area (Å²) < 4.78 is 16.9. The van der Waals surface area contributed by atoms with Gasteiger partial charge in [-0.25, -0.2) is 9.97 Å². The lowest BCUT2D eigenvalue weighted by Gasteiger charge is -2.26. The van der Waals surface area contributed by atoms with Crippen LogP contribution < -0.4 is 10.1 Å².